The van der Waals surface area contributed by atoms with E-state index in [1.807, 2.05) is 25.1 Å². The Morgan fingerprint density at radius 2 is 2.15 bits per heavy atom. The van der Waals surface area contributed by atoms with Gasteiger partial charge >= 0.3 is 0 Å². The van der Waals surface area contributed by atoms with Crippen LogP contribution >= 0.6 is 0 Å². The van der Waals surface area contributed by atoms with Crippen LogP contribution in [0.5, 0.6) is 0 Å². The van der Waals surface area contributed by atoms with Crippen LogP contribution in [0, 0.1) is 18.8 Å². The number of hydrogen-bond acceptors (Lipinski definition) is 3. The highest BCUT2D eigenvalue weighted by Crippen LogP contribution is 2.11. The fraction of sp³-hybridized carbons (Fsp3) is 0.125. The van der Waals surface area contributed by atoms with Crippen molar-refractivity contribution in [1.82, 2.24) is 4.98 Å². The molecule has 0 saturated carbocycles. The van der Waals surface area contributed by atoms with E-state index in [2.05, 4.69) is 22.1 Å². The molecule has 0 fully saturated rings. The Morgan fingerprint density at radius 3 is 2.90 bits per heavy atom. The summed E-state index contributed by atoms with van der Waals surface area (Å²) in [6, 6.07) is 10.9. The van der Waals surface area contributed by atoms with E-state index in [0.717, 1.165) is 11.1 Å². The van der Waals surface area contributed by atoms with Gasteiger partial charge in [-0.05, 0) is 30.7 Å². The summed E-state index contributed by atoms with van der Waals surface area (Å²) in [5.41, 5.74) is 7.65. The SMILES string of the molecule is Cc1ccccc1C(=O)Nc1cc(C#CCN)ccn1. The minimum atomic E-state index is -0.181. The molecule has 3 N–H and O–H groups in total. The number of carbonyl (C=O) groups excluding carboxylic acids is 1. The van der Waals surface area contributed by atoms with Gasteiger partial charge < -0.3 is 11.1 Å². The van der Waals surface area contributed by atoms with Gasteiger partial charge in [0.25, 0.3) is 5.91 Å². The van der Waals surface area contributed by atoms with E-state index in [1.54, 1.807) is 24.4 Å². The molecular formula is C16H15N3O. The maximum absolute atomic E-state index is 12.2. The molecule has 0 aliphatic rings. The number of pyridine rings is 1. The van der Waals surface area contributed by atoms with E-state index in [0.29, 0.717) is 17.9 Å². The normalized spacial score (nSPS) is 9.50. The van der Waals surface area contributed by atoms with E-state index < -0.39 is 0 Å². The topological polar surface area (TPSA) is 68.0 Å². The smallest absolute Gasteiger partial charge is 0.257 e. The quantitative estimate of drug-likeness (QED) is 0.815. The molecule has 4 heteroatoms. The zero-order valence-electron chi connectivity index (χ0n) is 11.2. The number of nitrogens with zero attached hydrogens (tertiary/aromatic N) is 1. The van der Waals surface area contributed by atoms with Gasteiger partial charge in [0.15, 0.2) is 0 Å². The number of benzene rings is 1. The van der Waals surface area contributed by atoms with Gasteiger partial charge in [0.2, 0.25) is 0 Å². The Labute approximate surface area is 118 Å². The predicted molar refractivity (Wildman–Crippen MR) is 79.3 cm³/mol. The maximum Gasteiger partial charge on any atom is 0.257 e. The van der Waals surface area contributed by atoms with Crippen molar-refractivity contribution in [3.8, 4) is 11.8 Å². The first-order valence-electron chi connectivity index (χ1n) is 6.22. The first-order valence-corrected chi connectivity index (χ1v) is 6.22. The average molecular weight is 265 g/mol. The lowest BCUT2D eigenvalue weighted by atomic mass is 10.1. The minimum Gasteiger partial charge on any atom is -0.320 e. The van der Waals surface area contributed by atoms with Gasteiger partial charge in [0.05, 0.1) is 6.54 Å². The summed E-state index contributed by atoms with van der Waals surface area (Å²) < 4.78 is 0. The van der Waals surface area contributed by atoms with Gasteiger partial charge in [0.1, 0.15) is 5.82 Å². The average Bonchev–Trinajstić information content (AvgIpc) is 2.46. The molecule has 2 aromatic rings. The summed E-state index contributed by atoms with van der Waals surface area (Å²) in [4.78, 5) is 16.3. The van der Waals surface area contributed by atoms with Crippen molar-refractivity contribution >= 4 is 11.7 Å². The van der Waals surface area contributed by atoms with E-state index in [1.165, 1.54) is 0 Å². The third-order valence-corrected chi connectivity index (χ3v) is 2.73. The lowest BCUT2D eigenvalue weighted by Gasteiger charge is -2.06. The van der Waals surface area contributed by atoms with Crippen LogP contribution in [0.25, 0.3) is 0 Å². The zero-order chi connectivity index (χ0) is 14.4. The Bertz CT molecular complexity index is 683. The summed E-state index contributed by atoms with van der Waals surface area (Å²) in [7, 11) is 0. The summed E-state index contributed by atoms with van der Waals surface area (Å²) in [5.74, 6) is 5.96. The third kappa shape index (κ3) is 3.44. The zero-order valence-corrected chi connectivity index (χ0v) is 11.2. The largest absolute Gasteiger partial charge is 0.320 e. The van der Waals surface area contributed by atoms with Crippen LogP contribution in [-0.4, -0.2) is 17.4 Å². The van der Waals surface area contributed by atoms with Gasteiger partial charge in [-0.1, -0.05) is 30.0 Å². The van der Waals surface area contributed by atoms with Gasteiger partial charge in [0, 0.05) is 17.3 Å². The van der Waals surface area contributed by atoms with Gasteiger partial charge in [-0.2, -0.15) is 0 Å². The molecule has 1 aromatic heterocycles. The van der Waals surface area contributed by atoms with Crippen LogP contribution in [0.2, 0.25) is 0 Å². The molecule has 0 bridgehead atoms. The molecule has 0 atom stereocenters. The van der Waals surface area contributed by atoms with Crippen molar-refractivity contribution in [3.05, 3.63) is 59.3 Å². The molecule has 1 heterocycles. The highest BCUT2D eigenvalue weighted by molar-refractivity contribution is 6.04. The van der Waals surface area contributed by atoms with Crippen LogP contribution in [0.1, 0.15) is 21.5 Å². The van der Waals surface area contributed by atoms with Crippen LogP contribution < -0.4 is 11.1 Å². The predicted octanol–water partition coefficient (Wildman–Crippen LogP) is 1.95. The second-order valence-electron chi connectivity index (χ2n) is 4.20. The molecule has 0 unspecified atom stereocenters. The Kier molecular flexibility index (Phi) is 4.48. The highest BCUT2D eigenvalue weighted by atomic mass is 16.1. The molecule has 0 spiro atoms. The fourth-order valence-electron chi connectivity index (χ4n) is 1.74. The maximum atomic E-state index is 12.2. The molecule has 1 aromatic carbocycles. The van der Waals surface area contributed by atoms with Crippen LogP contribution in [0.3, 0.4) is 0 Å². The van der Waals surface area contributed by atoms with Crippen LogP contribution in [0.4, 0.5) is 5.82 Å². The standard InChI is InChI=1S/C16H15N3O/c1-12-5-2-3-7-14(12)16(20)19-15-11-13(6-4-9-17)8-10-18-15/h2-3,5,7-8,10-11H,9,17H2,1H3,(H,18,19,20). The lowest BCUT2D eigenvalue weighted by Crippen LogP contribution is -2.14. The second-order valence-corrected chi connectivity index (χ2v) is 4.20. The van der Waals surface area contributed by atoms with Crippen molar-refractivity contribution in [2.75, 3.05) is 11.9 Å². The minimum absolute atomic E-state index is 0.181. The number of hydrogen-bond donors (Lipinski definition) is 2. The molecule has 4 nitrogen and oxygen atoms in total. The van der Waals surface area contributed by atoms with Crippen LogP contribution in [0.15, 0.2) is 42.6 Å². The molecule has 0 aliphatic heterocycles. The van der Waals surface area contributed by atoms with Crippen LogP contribution in [-0.2, 0) is 0 Å². The summed E-state index contributed by atoms with van der Waals surface area (Å²) in [6.45, 7) is 2.19. The number of amides is 1. The number of rotatable bonds is 2. The monoisotopic (exact) mass is 265 g/mol. The van der Waals surface area contributed by atoms with E-state index in [9.17, 15) is 4.79 Å². The molecule has 0 radical (unpaired) electrons. The van der Waals surface area contributed by atoms with E-state index >= 15 is 0 Å². The number of nitrogens with two attached hydrogens (primary N) is 1. The molecule has 20 heavy (non-hydrogen) atoms. The molecule has 0 aliphatic carbocycles. The Morgan fingerprint density at radius 1 is 1.35 bits per heavy atom. The van der Waals surface area contributed by atoms with Crippen molar-refractivity contribution in [2.24, 2.45) is 5.73 Å². The molecule has 100 valence electrons. The molecule has 0 saturated heterocycles. The van der Waals surface area contributed by atoms with Gasteiger partial charge in [-0.15, -0.1) is 0 Å². The molecule has 2 rings (SSSR count). The first kappa shape index (κ1) is 13.8. The number of nitrogens with one attached hydrogen (secondary N) is 1. The van der Waals surface area contributed by atoms with E-state index in [4.69, 9.17) is 5.73 Å². The molecule has 1 amide bonds. The summed E-state index contributed by atoms with van der Waals surface area (Å²) >= 11 is 0. The number of anilines is 1. The van der Waals surface area contributed by atoms with Gasteiger partial charge in [-0.3, -0.25) is 4.79 Å². The van der Waals surface area contributed by atoms with Crippen molar-refractivity contribution in [3.63, 3.8) is 0 Å². The fourth-order valence-corrected chi connectivity index (χ4v) is 1.74. The molecular weight excluding hydrogens is 250 g/mol. The van der Waals surface area contributed by atoms with E-state index in [-0.39, 0.29) is 5.91 Å². The Balaban J connectivity index is 2.18. The van der Waals surface area contributed by atoms with Gasteiger partial charge in [-0.25, -0.2) is 4.98 Å². The number of aromatic nitrogens is 1. The van der Waals surface area contributed by atoms with Crippen molar-refractivity contribution in [1.29, 1.82) is 0 Å². The second kappa shape index (κ2) is 6.50. The Hall–Kier alpha value is -2.64. The number of carbonyl (C=O) groups is 1. The number of aryl methyl sites for hydroxylation is 1. The lowest BCUT2D eigenvalue weighted by molar-refractivity contribution is 0.102. The first-order chi connectivity index (χ1) is 9.70. The van der Waals surface area contributed by atoms with Crippen molar-refractivity contribution < 1.29 is 4.79 Å². The van der Waals surface area contributed by atoms with Crippen molar-refractivity contribution in [2.45, 2.75) is 6.92 Å². The highest BCUT2D eigenvalue weighted by Gasteiger charge is 2.08. The summed E-state index contributed by atoms with van der Waals surface area (Å²) in [5, 5.41) is 2.77. The summed E-state index contributed by atoms with van der Waals surface area (Å²) in [6.07, 6.45) is 1.61. The third-order valence-electron chi connectivity index (χ3n) is 2.73.